The van der Waals surface area contributed by atoms with Gasteiger partial charge in [-0.25, -0.2) is 4.79 Å². The molecule has 0 fully saturated rings. The number of hydrogen-bond acceptors (Lipinski definition) is 2. The Morgan fingerprint density at radius 2 is 2.42 bits per heavy atom. The maximum atomic E-state index is 11.0. The van der Waals surface area contributed by atoms with Crippen molar-refractivity contribution in [3.63, 3.8) is 0 Å². The number of amides is 2. The van der Waals surface area contributed by atoms with Crippen molar-refractivity contribution < 1.29 is 9.21 Å². The fourth-order valence-electron chi connectivity index (χ4n) is 0.729. The highest BCUT2D eigenvalue weighted by atomic mass is 16.3. The quantitative estimate of drug-likeness (QED) is 0.717. The molecule has 0 aliphatic heterocycles. The monoisotopic (exact) mass is 168 g/mol. The molecule has 0 aliphatic rings. The first kappa shape index (κ1) is 8.64. The van der Waals surface area contributed by atoms with Crippen LogP contribution in [0.25, 0.3) is 0 Å². The molecule has 4 heteroatoms. The van der Waals surface area contributed by atoms with Crippen molar-refractivity contribution in [3.05, 3.63) is 24.2 Å². The van der Waals surface area contributed by atoms with Gasteiger partial charge >= 0.3 is 6.03 Å². The zero-order chi connectivity index (χ0) is 8.97. The summed E-state index contributed by atoms with van der Waals surface area (Å²) in [5.74, 6) is 0. The molecule has 0 spiro atoms. The number of carbonyl (C=O) groups is 1. The molecular weight excluding hydrogens is 156 g/mol. The maximum Gasteiger partial charge on any atom is 0.317 e. The third-order valence-corrected chi connectivity index (χ3v) is 1.43. The van der Waals surface area contributed by atoms with E-state index in [1.54, 1.807) is 26.6 Å². The van der Waals surface area contributed by atoms with Crippen molar-refractivity contribution in [3.8, 4) is 0 Å². The lowest BCUT2D eigenvalue weighted by Crippen LogP contribution is -2.33. The fraction of sp³-hybridized carbons (Fsp3) is 0.375. The molecule has 1 rings (SSSR count). The van der Waals surface area contributed by atoms with Crippen LogP contribution in [-0.4, -0.2) is 25.0 Å². The molecule has 4 nitrogen and oxygen atoms in total. The molecule has 0 aromatic carbocycles. The third-order valence-electron chi connectivity index (χ3n) is 1.43. The highest BCUT2D eigenvalue weighted by molar-refractivity contribution is 5.73. The van der Waals surface area contributed by atoms with Crippen LogP contribution in [0.4, 0.5) is 4.79 Å². The van der Waals surface area contributed by atoms with Gasteiger partial charge in [-0.3, -0.25) is 0 Å². The first-order valence-electron chi connectivity index (χ1n) is 3.66. The first-order valence-corrected chi connectivity index (χ1v) is 3.66. The fourth-order valence-corrected chi connectivity index (χ4v) is 0.729. The second kappa shape index (κ2) is 3.80. The molecule has 0 saturated heterocycles. The Hall–Kier alpha value is -1.45. The van der Waals surface area contributed by atoms with Crippen LogP contribution in [0.5, 0.6) is 0 Å². The molecule has 0 aliphatic carbocycles. The van der Waals surface area contributed by atoms with Crippen LogP contribution in [0.2, 0.25) is 0 Å². The molecule has 0 atom stereocenters. The van der Waals surface area contributed by atoms with Crippen LogP contribution < -0.4 is 5.32 Å². The largest absolute Gasteiger partial charge is 0.472 e. The molecule has 1 heterocycles. The number of nitrogens with one attached hydrogen (secondary N) is 1. The highest BCUT2D eigenvalue weighted by Gasteiger charge is 2.01. The second-order valence-corrected chi connectivity index (χ2v) is 2.68. The predicted molar refractivity (Wildman–Crippen MR) is 44.6 cm³/mol. The Labute approximate surface area is 71.2 Å². The number of nitrogens with zero attached hydrogens (tertiary/aromatic N) is 1. The molecule has 0 bridgehead atoms. The van der Waals surface area contributed by atoms with E-state index in [9.17, 15) is 4.79 Å². The Morgan fingerprint density at radius 3 is 2.92 bits per heavy atom. The molecule has 0 unspecified atom stereocenters. The van der Waals surface area contributed by atoms with Gasteiger partial charge in [-0.15, -0.1) is 0 Å². The smallest absolute Gasteiger partial charge is 0.317 e. The highest BCUT2D eigenvalue weighted by Crippen LogP contribution is 1.98. The number of hydrogen-bond donors (Lipinski definition) is 1. The van der Waals surface area contributed by atoms with Gasteiger partial charge in [0.1, 0.15) is 0 Å². The minimum Gasteiger partial charge on any atom is -0.472 e. The Bertz CT molecular complexity index is 242. The van der Waals surface area contributed by atoms with Crippen LogP contribution in [0.15, 0.2) is 23.0 Å². The van der Waals surface area contributed by atoms with Crippen molar-refractivity contribution in [2.24, 2.45) is 0 Å². The molecular formula is C8H12N2O2. The summed E-state index contributed by atoms with van der Waals surface area (Å²) >= 11 is 0. The summed E-state index contributed by atoms with van der Waals surface area (Å²) in [5, 5.41) is 2.71. The minimum atomic E-state index is -0.101. The topological polar surface area (TPSA) is 45.5 Å². The number of furan rings is 1. The molecule has 66 valence electrons. The molecule has 1 N–H and O–H groups in total. The van der Waals surface area contributed by atoms with E-state index in [1.807, 2.05) is 6.07 Å². The lowest BCUT2D eigenvalue weighted by molar-refractivity contribution is 0.217. The summed E-state index contributed by atoms with van der Waals surface area (Å²) in [6.45, 7) is 0.507. The summed E-state index contributed by atoms with van der Waals surface area (Å²) in [7, 11) is 3.40. The molecule has 2 amide bonds. The average Bonchev–Trinajstić information content (AvgIpc) is 2.51. The van der Waals surface area contributed by atoms with Crippen molar-refractivity contribution in [2.75, 3.05) is 14.1 Å². The van der Waals surface area contributed by atoms with Gasteiger partial charge in [0, 0.05) is 26.2 Å². The molecule has 12 heavy (non-hydrogen) atoms. The van der Waals surface area contributed by atoms with Gasteiger partial charge in [-0.05, 0) is 6.07 Å². The van der Waals surface area contributed by atoms with E-state index >= 15 is 0 Å². The van der Waals surface area contributed by atoms with Gasteiger partial charge in [0.05, 0.1) is 12.5 Å². The normalized spacial score (nSPS) is 9.50. The van der Waals surface area contributed by atoms with E-state index < -0.39 is 0 Å². The van der Waals surface area contributed by atoms with Crippen LogP contribution in [-0.2, 0) is 6.54 Å². The zero-order valence-electron chi connectivity index (χ0n) is 7.20. The summed E-state index contributed by atoms with van der Waals surface area (Å²) < 4.78 is 4.84. The molecule has 1 aromatic heterocycles. The van der Waals surface area contributed by atoms with Gasteiger partial charge < -0.3 is 14.6 Å². The molecule has 0 saturated carbocycles. The zero-order valence-corrected chi connectivity index (χ0v) is 7.20. The lowest BCUT2D eigenvalue weighted by Gasteiger charge is -2.10. The second-order valence-electron chi connectivity index (χ2n) is 2.68. The lowest BCUT2D eigenvalue weighted by atomic mass is 10.3. The van der Waals surface area contributed by atoms with Crippen LogP contribution in [0.1, 0.15) is 5.56 Å². The summed E-state index contributed by atoms with van der Waals surface area (Å²) in [6, 6.07) is 1.71. The van der Waals surface area contributed by atoms with E-state index in [0.29, 0.717) is 6.54 Å². The standard InChI is InChI=1S/C8H12N2O2/c1-10(2)8(11)9-5-7-3-4-12-6-7/h3-4,6H,5H2,1-2H3,(H,9,11). The third kappa shape index (κ3) is 2.30. The van der Waals surface area contributed by atoms with Crippen LogP contribution in [0, 0.1) is 0 Å². The number of urea groups is 1. The summed E-state index contributed by atoms with van der Waals surface area (Å²) in [5.41, 5.74) is 0.963. The van der Waals surface area contributed by atoms with E-state index in [4.69, 9.17) is 4.42 Å². The van der Waals surface area contributed by atoms with Gasteiger partial charge in [-0.1, -0.05) is 0 Å². The van der Waals surface area contributed by atoms with Gasteiger partial charge in [0.15, 0.2) is 0 Å². The first-order chi connectivity index (χ1) is 5.70. The molecule has 1 aromatic rings. The van der Waals surface area contributed by atoms with Crippen molar-refractivity contribution in [1.82, 2.24) is 10.2 Å². The molecule has 0 radical (unpaired) electrons. The Kier molecular flexibility index (Phi) is 2.74. The van der Waals surface area contributed by atoms with Gasteiger partial charge in [-0.2, -0.15) is 0 Å². The predicted octanol–water partition coefficient (Wildman–Crippen LogP) is 1.05. The Morgan fingerprint density at radius 1 is 1.67 bits per heavy atom. The van der Waals surface area contributed by atoms with Crippen molar-refractivity contribution >= 4 is 6.03 Å². The van der Waals surface area contributed by atoms with Crippen molar-refractivity contribution in [1.29, 1.82) is 0 Å². The van der Waals surface area contributed by atoms with E-state index in [0.717, 1.165) is 5.56 Å². The van der Waals surface area contributed by atoms with E-state index in [-0.39, 0.29) is 6.03 Å². The average molecular weight is 168 g/mol. The maximum absolute atomic E-state index is 11.0. The van der Waals surface area contributed by atoms with Crippen molar-refractivity contribution in [2.45, 2.75) is 6.54 Å². The number of carbonyl (C=O) groups excluding carboxylic acids is 1. The summed E-state index contributed by atoms with van der Waals surface area (Å²) in [6.07, 6.45) is 3.19. The minimum absolute atomic E-state index is 0.101. The van der Waals surface area contributed by atoms with E-state index in [2.05, 4.69) is 5.32 Å². The Balaban J connectivity index is 2.32. The van der Waals surface area contributed by atoms with Gasteiger partial charge in [0.2, 0.25) is 0 Å². The van der Waals surface area contributed by atoms with Crippen LogP contribution in [0.3, 0.4) is 0 Å². The van der Waals surface area contributed by atoms with Crippen LogP contribution >= 0.6 is 0 Å². The number of rotatable bonds is 2. The van der Waals surface area contributed by atoms with E-state index in [1.165, 1.54) is 4.90 Å². The SMILES string of the molecule is CN(C)C(=O)NCc1ccoc1. The van der Waals surface area contributed by atoms with Gasteiger partial charge in [0.25, 0.3) is 0 Å². The summed E-state index contributed by atoms with van der Waals surface area (Å²) in [4.78, 5) is 12.5.